The Hall–Kier alpha value is -1.16. The fraction of sp³-hybridized carbons (Fsp3) is 0.571. The second kappa shape index (κ2) is 4.50. The number of hydrogen-bond donors (Lipinski definition) is 1. The van der Waals surface area contributed by atoms with Gasteiger partial charge in [-0.2, -0.15) is 0 Å². The third-order valence-corrected chi connectivity index (χ3v) is 3.93. The minimum atomic E-state index is 0.132. The lowest BCUT2D eigenvalue weighted by molar-refractivity contribution is 0.514. The summed E-state index contributed by atoms with van der Waals surface area (Å²) in [5.41, 5.74) is 9.09. The first-order valence-electron chi connectivity index (χ1n) is 6.38. The van der Waals surface area contributed by atoms with Crippen molar-refractivity contribution in [2.75, 3.05) is 11.4 Å². The molecule has 1 aromatic rings. The molecular weight excluding hydrogens is 242 g/mol. The summed E-state index contributed by atoms with van der Waals surface area (Å²) in [6, 6.07) is 2.04. The second-order valence-corrected chi connectivity index (χ2v) is 6.15. The molecule has 0 aliphatic carbocycles. The van der Waals surface area contributed by atoms with Crippen molar-refractivity contribution in [3.8, 4) is 0 Å². The molecule has 98 valence electrons. The molecule has 0 amide bonds. The van der Waals surface area contributed by atoms with Crippen LogP contribution in [0.15, 0.2) is 6.07 Å². The predicted octanol–water partition coefficient (Wildman–Crippen LogP) is 2.71. The predicted molar refractivity (Wildman–Crippen MR) is 80.3 cm³/mol. The van der Waals surface area contributed by atoms with Gasteiger partial charge in [-0.1, -0.05) is 12.2 Å². The maximum absolute atomic E-state index is 5.89. The lowest BCUT2D eigenvalue weighted by atomic mass is 10.0. The first kappa shape index (κ1) is 13.3. The van der Waals surface area contributed by atoms with Gasteiger partial charge >= 0.3 is 0 Å². The zero-order valence-corrected chi connectivity index (χ0v) is 12.4. The van der Waals surface area contributed by atoms with Crippen molar-refractivity contribution in [3.63, 3.8) is 0 Å². The molecule has 0 atom stereocenters. The lowest BCUT2D eigenvalue weighted by Crippen LogP contribution is -2.40. The number of aromatic nitrogens is 1. The van der Waals surface area contributed by atoms with Crippen molar-refractivity contribution < 1.29 is 0 Å². The van der Waals surface area contributed by atoms with Crippen LogP contribution in [0.5, 0.6) is 0 Å². The number of nitrogens with zero attached hydrogens (tertiary/aromatic N) is 2. The Balaban J connectivity index is 2.59. The largest absolute Gasteiger partial charge is 0.389 e. The van der Waals surface area contributed by atoms with E-state index >= 15 is 0 Å². The highest BCUT2D eigenvalue weighted by Gasteiger charge is 2.34. The highest BCUT2D eigenvalue weighted by Crippen LogP contribution is 2.35. The van der Waals surface area contributed by atoms with E-state index in [1.807, 2.05) is 13.0 Å². The van der Waals surface area contributed by atoms with Gasteiger partial charge in [0.15, 0.2) is 0 Å². The van der Waals surface area contributed by atoms with E-state index in [9.17, 15) is 0 Å². The van der Waals surface area contributed by atoms with E-state index in [2.05, 4.69) is 25.7 Å². The molecule has 1 aliphatic rings. The summed E-state index contributed by atoms with van der Waals surface area (Å²) >= 11 is 5.20. The van der Waals surface area contributed by atoms with Gasteiger partial charge in [-0.25, -0.2) is 4.98 Å². The molecule has 18 heavy (non-hydrogen) atoms. The van der Waals surface area contributed by atoms with Crippen molar-refractivity contribution in [1.29, 1.82) is 0 Å². The molecule has 2 N–H and O–H groups in total. The van der Waals surface area contributed by atoms with Crippen LogP contribution in [0, 0.1) is 13.8 Å². The first-order valence-corrected chi connectivity index (χ1v) is 6.79. The summed E-state index contributed by atoms with van der Waals surface area (Å²) in [5.74, 6) is 0.961. The van der Waals surface area contributed by atoms with Crippen molar-refractivity contribution in [2.45, 2.75) is 46.1 Å². The van der Waals surface area contributed by atoms with Crippen LogP contribution >= 0.6 is 12.2 Å². The fourth-order valence-corrected chi connectivity index (χ4v) is 3.07. The van der Waals surface area contributed by atoms with Gasteiger partial charge < -0.3 is 10.6 Å². The first-order chi connectivity index (χ1) is 8.33. The zero-order valence-electron chi connectivity index (χ0n) is 11.6. The minimum absolute atomic E-state index is 0.132. The third kappa shape index (κ3) is 2.21. The highest BCUT2D eigenvalue weighted by atomic mass is 32.1. The molecule has 0 spiro atoms. The van der Waals surface area contributed by atoms with Crippen LogP contribution in [0.1, 0.15) is 43.5 Å². The van der Waals surface area contributed by atoms with Gasteiger partial charge in [-0.05, 0) is 52.2 Å². The highest BCUT2D eigenvalue weighted by molar-refractivity contribution is 7.80. The Labute approximate surface area is 114 Å². The summed E-state index contributed by atoms with van der Waals surface area (Å²) in [4.78, 5) is 7.48. The smallest absolute Gasteiger partial charge is 0.139 e. The number of pyridine rings is 1. The number of hydrogen-bond acceptors (Lipinski definition) is 3. The van der Waals surface area contributed by atoms with E-state index < -0.39 is 0 Å². The Morgan fingerprint density at radius 1 is 1.44 bits per heavy atom. The number of aryl methyl sites for hydroxylation is 2. The Morgan fingerprint density at radius 2 is 2.11 bits per heavy atom. The number of nitrogens with two attached hydrogens (primary N) is 1. The topological polar surface area (TPSA) is 42.1 Å². The van der Waals surface area contributed by atoms with Crippen LogP contribution in [0.2, 0.25) is 0 Å². The average molecular weight is 263 g/mol. The molecule has 0 saturated carbocycles. The quantitative estimate of drug-likeness (QED) is 0.833. The van der Waals surface area contributed by atoms with Gasteiger partial charge in [-0.15, -0.1) is 0 Å². The molecule has 1 aromatic heterocycles. The van der Waals surface area contributed by atoms with Crippen LogP contribution in [0.4, 0.5) is 5.82 Å². The van der Waals surface area contributed by atoms with Crippen molar-refractivity contribution >= 4 is 23.0 Å². The Bertz CT molecular complexity index is 494. The maximum atomic E-state index is 5.89. The van der Waals surface area contributed by atoms with Crippen LogP contribution in [-0.2, 0) is 0 Å². The third-order valence-electron chi connectivity index (χ3n) is 3.73. The summed E-state index contributed by atoms with van der Waals surface area (Å²) < 4.78 is 0. The second-order valence-electron chi connectivity index (χ2n) is 5.71. The summed E-state index contributed by atoms with van der Waals surface area (Å²) in [6.45, 7) is 9.60. The molecule has 0 radical (unpaired) electrons. The van der Waals surface area contributed by atoms with Crippen LogP contribution < -0.4 is 10.6 Å². The maximum Gasteiger partial charge on any atom is 0.139 e. The van der Waals surface area contributed by atoms with Gasteiger partial charge in [0.05, 0.1) is 5.56 Å². The minimum Gasteiger partial charge on any atom is -0.389 e. The number of thiocarbonyl (C=S) groups is 1. The van der Waals surface area contributed by atoms with Gasteiger partial charge in [0.2, 0.25) is 0 Å². The van der Waals surface area contributed by atoms with Crippen molar-refractivity contribution in [1.82, 2.24) is 4.98 Å². The van der Waals surface area contributed by atoms with Crippen LogP contribution in [0.25, 0.3) is 0 Å². The van der Waals surface area contributed by atoms with E-state index in [1.54, 1.807) is 0 Å². The van der Waals surface area contributed by atoms with E-state index in [4.69, 9.17) is 22.9 Å². The Kier molecular flexibility index (Phi) is 3.32. The van der Waals surface area contributed by atoms with Crippen molar-refractivity contribution in [3.05, 3.63) is 22.9 Å². The fourth-order valence-electron chi connectivity index (χ4n) is 2.82. The van der Waals surface area contributed by atoms with Gasteiger partial charge in [-0.3, -0.25) is 0 Å². The molecule has 4 heteroatoms. The lowest BCUT2D eigenvalue weighted by Gasteiger charge is -2.34. The molecule has 3 nitrogen and oxygen atoms in total. The molecule has 2 heterocycles. The normalized spacial score (nSPS) is 18.1. The van der Waals surface area contributed by atoms with Crippen LogP contribution in [-0.4, -0.2) is 22.1 Å². The zero-order chi connectivity index (χ0) is 13.5. The van der Waals surface area contributed by atoms with Gasteiger partial charge in [0, 0.05) is 17.8 Å². The molecule has 2 rings (SSSR count). The van der Waals surface area contributed by atoms with Crippen LogP contribution in [0.3, 0.4) is 0 Å². The molecule has 1 saturated heterocycles. The summed E-state index contributed by atoms with van der Waals surface area (Å²) in [6.07, 6.45) is 2.37. The summed E-state index contributed by atoms with van der Waals surface area (Å²) in [5, 5.41) is 0. The molecule has 0 unspecified atom stereocenters. The van der Waals surface area contributed by atoms with Gasteiger partial charge in [0.25, 0.3) is 0 Å². The summed E-state index contributed by atoms with van der Waals surface area (Å²) in [7, 11) is 0. The van der Waals surface area contributed by atoms with E-state index in [0.717, 1.165) is 29.2 Å². The van der Waals surface area contributed by atoms with E-state index in [1.165, 1.54) is 12.8 Å². The standard InChI is InChI=1S/C14H21N3S/c1-9-8-10(2)16-13(11(9)12(15)18)17-7-5-6-14(17,3)4/h8H,5-7H2,1-4H3,(H2,15,18). The molecule has 0 bridgehead atoms. The van der Waals surface area contributed by atoms with Crippen molar-refractivity contribution in [2.24, 2.45) is 5.73 Å². The van der Waals surface area contributed by atoms with Gasteiger partial charge in [0.1, 0.15) is 10.8 Å². The van der Waals surface area contributed by atoms with E-state index in [-0.39, 0.29) is 5.54 Å². The number of anilines is 1. The molecule has 0 aromatic carbocycles. The molecule has 1 aliphatic heterocycles. The average Bonchev–Trinajstić information content (AvgIpc) is 2.55. The number of rotatable bonds is 2. The van der Waals surface area contributed by atoms with E-state index in [0.29, 0.717) is 4.99 Å². The SMILES string of the molecule is Cc1cc(C)c(C(N)=S)c(N2CCCC2(C)C)n1. The molecule has 1 fully saturated rings. The monoisotopic (exact) mass is 263 g/mol. The molecular formula is C14H21N3S. The Morgan fingerprint density at radius 3 is 2.61 bits per heavy atom.